The Morgan fingerprint density at radius 3 is 2.65 bits per heavy atom. The quantitative estimate of drug-likeness (QED) is 0.822. The molecule has 2 unspecified atom stereocenters. The highest BCUT2D eigenvalue weighted by molar-refractivity contribution is 5.77. The van der Waals surface area contributed by atoms with Gasteiger partial charge in [-0.05, 0) is 25.7 Å². The van der Waals surface area contributed by atoms with Gasteiger partial charge in [0, 0.05) is 12.6 Å². The molecular formula is C14H24N2O4. The summed E-state index contributed by atoms with van der Waals surface area (Å²) in [4.78, 5) is 24.6. The molecule has 0 bridgehead atoms. The van der Waals surface area contributed by atoms with Gasteiger partial charge >= 0.3 is 12.0 Å². The van der Waals surface area contributed by atoms with Gasteiger partial charge in [-0.2, -0.15) is 0 Å². The summed E-state index contributed by atoms with van der Waals surface area (Å²) in [6.07, 6.45) is 5.21. The summed E-state index contributed by atoms with van der Waals surface area (Å²) in [6, 6.07) is -0.0217. The summed E-state index contributed by atoms with van der Waals surface area (Å²) in [6.45, 7) is 2.90. The van der Waals surface area contributed by atoms with E-state index in [0.29, 0.717) is 12.5 Å². The number of hydrogen-bond donors (Lipinski definition) is 2. The predicted molar refractivity (Wildman–Crippen MR) is 73.5 cm³/mol. The number of carbonyl (C=O) groups excluding carboxylic acids is 1. The number of amides is 2. The minimum absolute atomic E-state index is 0.124. The summed E-state index contributed by atoms with van der Waals surface area (Å²) in [5.41, 5.74) is 0. The van der Waals surface area contributed by atoms with Crippen molar-refractivity contribution in [2.24, 2.45) is 5.92 Å². The van der Waals surface area contributed by atoms with Crippen LogP contribution < -0.4 is 5.32 Å². The predicted octanol–water partition coefficient (Wildman–Crippen LogP) is 1.45. The van der Waals surface area contributed by atoms with Crippen LogP contribution in [0.5, 0.6) is 0 Å². The molecule has 6 nitrogen and oxygen atoms in total. The van der Waals surface area contributed by atoms with Crippen molar-refractivity contribution in [3.05, 3.63) is 0 Å². The lowest BCUT2D eigenvalue weighted by Gasteiger charge is -2.34. The van der Waals surface area contributed by atoms with Crippen molar-refractivity contribution in [1.29, 1.82) is 0 Å². The van der Waals surface area contributed by atoms with E-state index in [9.17, 15) is 9.59 Å². The third-order valence-electron chi connectivity index (χ3n) is 4.34. The van der Waals surface area contributed by atoms with Crippen LogP contribution in [0.4, 0.5) is 4.79 Å². The number of carboxylic acid groups (broad SMARTS) is 1. The van der Waals surface area contributed by atoms with Gasteiger partial charge in [-0.3, -0.25) is 0 Å². The minimum atomic E-state index is -1.01. The molecule has 2 fully saturated rings. The molecule has 2 rings (SSSR count). The van der Waals surface area contributed by atoms with Crippen LogP contribution >= 0.6 is 0 Å². The van der Waals surface area contributed by atoms with Crippen LogP contribution in [-0.2, 0) is 9.53 Å². The maximum atomic E-state index is 12.2. The van der Waals surface area contributed by atoms with E-state index < -0.39 is 12.1 Å². The van der Waals surface area contributed by atoms with E-state index in [4.69, 9.17) is 9.84 Å². The van der Waals surface area contributed by atoms with Gasteiger partial charge < -0.3 is 20.1 Å². The zero-order valence-corrected chi connectivity index (χ0v) is 12.0. The molecule has 2 aliphatic rings. The lowest BCUT2D eigenvalue weighted by atomic mass is 9.84. The molecule has 2 N–H and O–H groups in total. The Morgan fingerprint density at radius 2 is 2.00 bits per heavy atom. The Bertz CT molecular complexity index is 355. The summed E-state index contributed by atoms with van der Waals surface area (Å²) >= 11 is 0. The number of carboxylic acids is 1. The molecule has 1 saturated heterocycles. The van der Waals surface area contributed by atoms with E-state index >= 15 is 0 Å². The lowest BCUT2D eigenvalue weighted by molar-refractivity contribution is -0.154. The molecule has 0 aromatic carbocycles. The van der Waals surface area contributed by atoms with E-state index in [-0.39, 0.29) is 25.2 Å². The molecule has 2 amide bonds. The van der Waals surface area contributed by atoms with E-state index in [1.807, 2.05) is 6.92 Å². The number of aliphatic carboxylic acids is 1. The van der Waals surface area contributed by atoms with Gasteiger partial charge in [-0.15, -0.1) is 0 Å². The first-order chi connectivity index (χ1) is 9.58. The standard InChI is InChI=1S/C14H24N2O4/c1-10(11-5-3-2-4-6-11)15-14(19)16-7-8-20-12(9-16)13(17)18/h10-12H,2-9H2,1H3,(H,15,19)(H,17,18). The van der Waals surface area contributed by atoms with Crippen LogP contribution in [0.15, 0.2) is 0 Å². The van der Waals surface area contributed by atoms with Gasteiger partial charge in [0.2, 0.25) is 0 Å². The third kappa shape index (κ3) is 3.85. The maximum absolute atomic E-state index is 12.2. The van der Waals surface area contributed by atoms with Crippen molar-refractivity contribution in [1.82, 2.24) is 10.2 Å². The summed E-state index contributed by atoms with van der Waals surface area (Å²) in [5.74, 6) is -0.466. The fraction of sp³-hybridized carbons (Fsp3) is 0.857. The van der Waals surface area contributed by atoms with Crippen molar-refractivity contribution in [2.45, 2.75) is 51.2 Å². The lowest BCUT2D eigenvalue weighted by Crippen LogP contribution is -2.54. The van der Waals surface area contributed by atoms with Gasteiger partial charge in [0.15, 0.2) is 6.10 Å². The Morgan fingerprint density at radius 1 is 1.30 bits per heavy atom. The summed E-state index contributed by atoms with van der Waals surface area (Å²) in [5, 5.41) is 12.0. The molecule has 0 spiro atoms. The number of hydrogen-bond acceptors (Lipinski definition) is 3. The van der Waals surface area contributed by atoms with E-state index in [0.717, 1.165) is 0 Å². The number of nitrogens with one attached hydrogen (secondary N) is 1. The van der Waals surface area contributed by atoms with E-state index in [1.54, 1.807) is 4.90 Å². The van der Waals surface area contributed by atoms with Crippen molar-refractivity contribution in [3.63, 3.8) is 0 Å². The molecule has 6 heteroatoms. The number of morpholine rings is 1. The first kappa shape index (κ1) is 15.1. The monoisotopic (exact) mass is 284 g/mol. The second-order valence-corrected chi connectivity index (χ2v) is 5.78. The fourth-order valence-electron chi connectivity index (χ4n) is 3.02. The molecule has 1 aliphatic carbocycles. The second kappa shape index (κ2) is 6.92. The first-order valence-corrected chi connectivity index (χ1v) is 7.48. The number of nitrogens with zero attached hydrogens (tertiary/aromatic N) is 1. The molecule has 114 valence electrons. The Balaban J connectivity index is 1.82. The molecule has 20 heavy (non-hydrogen) atoms. The summed E-state index contributed by atoms with van der Waals surface area (Å²) in [7, 11) is 0. The zero-order valence-electron chi connectivity index (χ0n) is 12.0. The molecule has 0 aromatic rings. The summed E-state index contributed by atoms with van der Waals surface area (Å²) < 4.78 is 5.12. The SMILES string of the molecule is CC(NC(=O)N1CCOC(C(=O)O)C1)C1CCCCC1. The number of urea groups is 1. The van der Waals surface area contributed by atoms with Gasteiger partial charge in [0.25, 0.3) is 0 Å². The molecule has 1 saturated carbocycles. The van der Waals surface area contributed by atoms with Crippen LogP contribution in [0.25, 0.3) is 0 Å². The largest absolute Gasteiger partial charge is 0.479 e. The van der Waals surface area contributed by atoms with Crippen molar-refractivity contribution in [2.75, 3.05) is 19.7 Å². The third-order valence-corrected chi connectivity index (χ3v) is 4.34. The Kier molecular flexibility index (Phi) is 5.23. The molecule has 2 atom stereocenters. The molecule has 1 heterocycles. The van der Waals surface area contributed by atoms with Gasteiger partial charge in [-0.1, -0.05) is 19.3 Å². The number of carbonyl (C=O) groups is 2. The second-order valence-electron chi connectivity index (χ2n) is 5.78. The maximum Gasteiger partial charge on any atom is 0.334 e. The average Bonchev–Trinajstić information content (AvgIpc) is 2.48. The van der Waals surface area contributed by atoms with E-state index in [1.165, 1.54) is 32.1 Å². The van der Waals surface area contributed by atoms with Crippen LogP contribution in [0.2, 0.25) is 0 Å². The smallest absolute Gasteiger partial charge is 0.334 e. The number of rotatable bonds is 3. The molecule has 1 aliphatic heterocycles. The van der Waals surface area contributed by atoms with Crippen molar-refractivity contribution < 1.29 is 19.4 Å². The Hall–Kier alpha value is -1.30. The Labute approximate surface area is 119 Å². The van der Waals surface area contributed by atoms with Crippen molar-refractivity contribution in [3.8, 4) is 0 Å². The van der Waals surface area contributed by atoms with Gasteiger partial charge in [-0.25, -0.2) is 9.59 Å². The van der Waals surface area contributed by atoms with Crippen molar-refractivity contribution >= 4 is 12.0 Å². The molecular weight excluding hydrogens is 260 g/mol. The van der Waals surface area contributed by atoms with Gasteiger partial charge in [0.05, 0.1) is 13.2 Å². The number of ether oxygens (including phenoxy) is 1. The van der Waals surface area contributed by atoms with E-state index in [2.05, 4.69) is 5.32 Å². The van der Waals surface area contributed by atoms with Crippen LogP contribution in [0, 0.1) is 5.92 Å². The minimum Gasteiger partial charge on any atom is -0.479 e. The van der Waals surface area contributed by atoms with Crippen LogP contribution in [-0.4, -0.2) is 53.8 Å². The fourth-order valence-corrected chi connectivity index (χ4v) is 3.02. The van der Waals surface area contributed by atoms with Gasteiger partial charge in [0.1, 0.15) is 0 Å². The molecule has 0 aromatic heterocycles. The highest BCUT2D eigenvalue weighted by atomic mass is 16.5. The average molecular weight is 284 g/mol. The first-order valence-electron chi connectivity index (χ1n) is 7.48. The van der Waals surface area contributed by atoms with Crippen LogP contribution in [0.1, 0.15) is 39.0 Å². The topological polar surface area (TPSA) is 78.9 Å². The van der Waals surface area contributed by atoms with Crippen LogP contribution in [0.3, 0.4) is 0 Å². The zero-order chi connectivity index (χ0) is 14.5. The highest BCUT2D eigenvalue weighted by Gasteiger charge is 2.30. The normalized spacial score (nSPS) is 26.1. The highest BCUT2D eigenvalue weighted by Crippen LogP contribution is 2.26. The molecule has 0 radical (unpaired) electrons.